The van der Waals surface area contributed by atoms with Gasteiger partial charge in [-0.1, -0.05) is 11.6 Å². The monoisotopic (exact) mass is 265 g/mol. The molecular weight excluding hydrogens is 254 g/mol. The molecule has 1 aromatic carbocycles. The second kappa shape index (κ2) is 5.05. The van der Waals surface area contributed by atoms with Crippen LogP contribution in [0.25, 0.3) is 0 Å². The van der Waals surface area contributed by atoms with Gasteiger partial charge in [0.05, 0.1) is 12.1 Å². The predicted octanol–water partition coefficient (Wildman–Crippen LogP) is 1.31. The zero-order valence-corrected chi connectivity index (χ0v) is 10.5. The fourth-order valence-electron chi connectivity index (χ4n) is 1.54. The predicted molar refractivity (Wildman–Crippen MR) is 68.0 cm³/mol. The number of halogens is 1. The Morgan fingerprint density at radius 2 is 2.33 bits per heavy atom. The SMILES string of the molecule is CN(Cc1ncn[nH]1)C(=O)c1ccc(Cl)cc1N. The smallest absolute Gasteiger partial charge is 0.256 e. The van der Waals surface area contributed by atoms with Crippen molar-refractivity contribution in [3.63, 3.8) is 0 Å². The molecule has 0 saturated carbocycles. The number of H-pyrrole nitrogens is 1. The molecule has 94 valence electrons. The van der Waals surface area contributed by atoms with E-state index in [0.29, 0.717) is 28.6 Å². The van der Waals surface area contributed by atoms with Gasteiger partial charge in [-0.3, -0.25) is 9.89 Å². The van der Waals surface area contributed by atoms with Crippen LogP contribution < -0.4 is 5.73 Å². The van der Waals surface area contributed by atoms with Crippen LogP contribution in [0.1, 0.15) is 16.2 Å². The van der Waals surface area contributed by atoms with Crippen molar-refractivity contribution in [1.82, 2.24) is 20.1 Å². The van der Waals surface area contributed by atoms with Crippen molar-refractivity contribution in [3.8, 4) is 0 Å². The van der Waals surface area contributed by atoms with Crippen molar-refractivity contribution in [3.05, 3.63) is 40.9 Å². The van der Waals surface area contributed by atoms with E-state index >= 15 is 0 Å². The van der Waals surface area contributed by atoms with Gasteiger partial charge in [0.15, 0.2) is 0 Å². The Balaban J connectivity index is 2.15. The molecule has 7 heteroatoms. The molecule has 0 unspecified atom stereocenters. The first-order valence-corrected chi connectivity index (χ1v) is 5.60. The van der Waals surface area contributed by atoms with Crippen LogP contribution in [0.15, 0.2) is 24.5 Å². The van der Waals surface area contributed by atoms with Gasteiger partial charge in [0, 0.05) is 17.8 Å². The van der Waals surface area contributed by atoms with Gasteiger partial charge < -0.3 is 10.6 Å². The van der Waals surface area contributed by atoms with Gasteiger partial charge in [0.2, 0.25) is 0 Å². The van der Waals surface area contributed by atoms with Crippen LogP contribution in [0.5, 0.6) is 0 Å². The molecule has 0 aliphatic heterocycles. The summed E-state index contributed by atoms with van der Waals surface area (Å²) in [6.07, 6.45) is 1.39. The first-order valence-electron chi connectivity index (χ1n) is 5.22. The van der Waals surface area contributed by atoms with Crippen LogP contribution in [-0.2, 0) is 6.54 Å². The number of nitrogens with zero attached hydrogens (tertiary/aromatic N) is 3. The minimum Gasteiger partial charge on any atom is -0.398 e. The third-order valence-electron chi connectivity index (χ3n) is 2.44. The normalized spacial score (nSPS) is 10.3. The van der Waals surface area contributed by atoms with Gasteiger partial charge in [0.1, 0.15) is 12.2 Å². The average molecular weight is 266 g/mol. The topological polar surface area (TPSA) is 87.9 Å². The summed E-state index contributed by atoms with van der Waals surface area (Å²) in [5.41, 5.74) is 6.54. The van der Waals surface area contributed by atoms with E-state index in [4.69, 9.17) is 17.3 Å². The number of hydrogen-bond acceptors (Lipinski definition) is 4. The van der Waals surface area contributed by atoms with E-state index in [1.807, 2.05) is 0 Å². The number of nitrogens with two attached hydrogens (primary N) is 1. The van der Waals surface area contributed by atoms with Crippen molar-refractivity contribution >= 4 is 23.2 Å². The van der Waals surface area contributed by atoms with Gasteiger partial charge in [-0.2, -0.15) is 5.10 Å². The van der Waals surface area contributed by atoms with Gasteiger partial charge in [-0.25, -0.2) is 4.98 Å². The molecule has 0 bridgehead atoms. The van der Waals surface area contributed by atoms with E-state index in [9.17, 15) is 4.79 Å². The number of aromatic amines is 1. The number of rotatable bonds is 3. The minimum atomic E-state index is -0.194. The Morgan fingerprint density at radius 3 is 2.94 bits per heavy atom. The average Bonchev–Trinajstić information content (AvgIpc) is 2.81. The standard InChI is InChI=1S/C11H12ClN5O/c1-17(5-10-14-6-15-16-10)11(18)8-3-2-7(12)4-9(8)13/h2-4,6H,5,13H2,1H3,(H,14,15,16). The maximum absolute atomic E-state index is 12.1. The van der Waals surface area contributed by atoms with E-state index in [2.05, 4.69) is 15.2 Å². The lowest BCUT2D eigenvalue weighted by Gasteiger charge is -2.16. The Hall–Kier alpha value is -2.08. The molecule has 18 heavy (non-hydrogen) atoms. The largest absolute Gasteiger partial charge is 0.398 e. The Kier molecular flexibility index (Phi) is 3.47. The summed E-state index contributed by atoms with van der Waals surface area (Å²) in [7, 11) is 1.67. The highest BCUT2D eigenvalue weighted by atomic mass is 35.5. The molecule has 2 rings (SSSR count). The summed E-state index contributed by atoms with van der Waals surface area (Å²) < 4.78 is 0. The third kappa shape index (κ3) is 2.60. The number of amides is 1. The highest BCUT2D eigenvalue weighted by Crippen LogP contribution is 2.19. The first kappa shape index (κ1) is 12.4. The van der Waals surface area contributed by atoms with Crippen molar-refractivity contribution in [2.45, 2.75) is 6.54 Å². The molecule has 0 atom stereocenters. The molecule has 0 radical (unpaired) electrons. The summed E-state index contributed by atoms with van der Waals surface area (Å²) >= 11 is 5.79. The quantitative estimate of drug-likeness (QED) is 0.819. The fraction of sp³-hybridized carbons (Fsp3) is 0.182. The second-order valence-corrected chi connectivity index (χ2v) is 4.26. The third-order valence-corrected chi connectivity index (χ3v) is 2.68. The molecule has 3 N–H and O–H groups in total. The molecule has 1 heterocycles. The van der Waals surface area contributed by atoms with E-state index in [-0.39, 0.29) is 5.91 Å². The van der Waals surface area contributed by atoms with Crippen molar-refractivity contribution < 1.29 is 4.79 Å². The number of carbonyl (C=O) groups excluding carboxylic acids is 1. The summed E-state index contributed by atoms with van der Waals surface area (Å²) in [6.45, 7) is 0.334. The van der Waals surface area contributed by atoms with E-state index in [1.165, 1.54) is 11.2 Å². The minimum absolute atomic E-state index is 0.194. The molecular formula is C11H12ClN5O. The van der Waals surface area contributed by atoms with Crippen LogP contribution in [0.4, 0.5) is 5.69 Å². The van der Waals surface area contributed by atoms with Crippen LogP contribution in [0.2, 0.25) is 5.02 Å². The molecule has 0 fully saturated rings. The molecule has 6 nitrogen and oxygen atoms in total. The van der Waals surface area contributed by atoms with E-state index in [0.717, 1.165) is 0 Å². The molecule has 0 aliphatic rings. The van der Waals surface area contributed by atoms with Crippen molar-refractivity contribution in [2.24, 2.45) is 0 Å². The van der Waals surface area contributed by atoms with Gasteiger partial charge >= 0.3 is 0 Å². The van der Waals surface area contributed by atoms with Crippen LogP contribution >= 0.6 is 11.6 Å². The number of nitrogens with one attached hydrogen (secondary N) is 1. The molecule has 1 amide bonds. The number of aromatic nitrogens is 3. The van der Waals surface area contributed by atoms with E-state index in [1.54, 1.807) is 25.2 Å². The van der Waals surface area contributed by atoms with E-state index < -0.39 is 0 Å². The van der Waals surface area contributed by atoms with Crippen LogP contribution in [-0.4, -0.2) is 33.0 Å². The number of carbonyl (C=O) groups is 1. The maximum Gasteiger partial charge on any atom is 0.256 e. The van der Waals surface area contributed by atoms with Crippen molar-refractivity contribution in [2.75, 3.05) is 12.8 Å². The highest BCUT2D eigenvalue weighted by molar-refractivity contribution is 6.31. The second-order valence-electron chi connectivity index (χ2n) is 3.82. The lowest BCUT2D eigenvalue weighted by atomic mass is 10.1. The number of hydrogen-bond donors (Lipinski definition) is 2. The Labute approximate surface area is 109 Å². The summed E-state index contributed by atoms with van der Waals surface area (Å²) in [5.74, 6) is 0.416. The lowest BCUT2D eigenvalue weighted by molar-refractivity contribution is 0.0783. The number of anilines is 1. The Bertz CT molecular complexity index is 555. The summed E-state index contributed by atoms with van der Waals surface area (Å²) in [6, 6.07) is 4.79. The molecule has 0 saturated heterocycles. The first-order chi connectivity index (χ1) is 8.58. The van der Waals surface area contributed by atoms with Gasteiger partial charge in [0.25, 0.3) is 5.91 Å². The number of benzene rings is 1. The molecule has 1 aromatic heterocycles. The van der Waals surface area contributed by atoms with Gasteiger partial charge in [-0.15, -0.1) is 0 Å². The fourth-order valence-corrected chi connectivity index (χ4v) is 1.72. The number of nitrogen functional groups attached to an aromatic ring is 1. The molecule has 0 spiro atoms. The zero-order valence-electron chi connectivity index (χ0n) is 9.72. The summed E-state index contributed by atoms with van der Waals surface area (Å²) in [4.78, 5) is 17.6. The maximum atomic E-state index is 12.1. The summed E-state index contributed by atoms with van der Waals surface area (Å²) in [5, 5.41) is 6.91. The Morgan fingerprint density at radius 1 is 1.56 bits per heavy atom. The van der Waals surface area contributed by atoms with Crippen LogP contribution in [0, 0.1) is 0 Å². The van der Waals surface area contributed by atoms with Crippen LogP contribution in [0.3, 0.4) is 0 Å². The molecule has 2 aromatic rings. The van der Waals surface area contributed by atoms with Gasteiger partial charge in [-0.05, 0) is 18.2 Å². The zero-order chi connectivity index (χ0) is 13.1. The van der Waals surface area contributed by atoms with Crippen molar-refractivity contribution in [1.29, 1.82) is 0 Å². The lowest BCUT2D eigenvalue weighted by Crippen LogP contribution is -2.27. The highest BCUT2D eigenvalue weighted by Gasteiger charge is 2.15. The molecule has 0 aliphatic carbocycles.